The van der Waals surface area contributed by atoms with Gasteiger partial charge < -0.3 is 20.1 Å². The van der Waals surface area contributed by atoms with Crippen molar-refractivity contribution in [2.75, 3.05) is 31.7 Å². The summed E-state index contributed by atoms with van der Waals surface area (Å²) in [6, 6.07) is 5.53. The average Bonchev–Trinajstić information content (AvgIpc) is 3.04. The monoisotopic (exact) mass is 323 g/mol. The minimum atomic E-state index is -0.533. The van der Waals surface area contributed by atoms with Crippen LogP contribution in [0, 0.1) is 10.1 Å². The third-order valence-corrected chi connectivity index (χ3v) is 3.43. The lowest BCUT2D eigenvalue weighted by Gasteiger charge is -2.10. The Morgan fingerprint density at radius 1 is 1.43 bits per heavy atom. The van der Waals surface area contributed by atoms with Gasteiger partial charge in [-0.2, -0.15) is 0 Å². The fourth-order valence-corrected chi connectivity index (χ4v) is 2.27. The number of carbonyl (C=O) groups is 1. The molecule has 126 valence electrons. The number of hydrogen-bond donors (Lipinski definition) is 2. The number of carbonyl (C=O) groups excluding carboxylic acids is 1. The second kappa shape index (κ2) is 9.06. The van der Waals surface area contributed by atoms with Crippen LogP contribution in [0.3, 0.4) is 0 Å². The predicted octanol–water partition coefficient (Wildman–Crippen LogP) is 2.30. The number of ether oxygens (including phenoxy) is 2. The quantitative estimate of drug-likeness (QED) is 0.434. The van der Waals surface area contributed by atoms with Crippen molar-refractivity contribution in [3.8, 4) is 0 Å². The van der Waals surface area contributed by atoms with Gasteiger partial charge in [0.2, 0.25) is 0 Å². The van der Waals surface area contributed by atoms with Crippen molar-refractivity contribution < 1.29 is 19.2 Å². The average molecular weight is 323 g/mol. The smallest absolute Gasteiger partial charge is 0.319 e. The first-order valence-corrected chi connectivity index (χ1v) is 7.64. The standard InChI is InChI=1S/C15H21N3O5/c19-15(17-13-6-1-2-7-14(13)18(20)21)16-8-4-9-22-11-12-5-3-10-23-12/h1-2,6-7,12H,3-5,8-11H2,(H2,16,17,19). The summed E-state index contributed by atoms with van der Waals surface area (Å²) in [5, 5.41) is 16.0. The van der Waals surface area contributed by atoms with Gasteiger partial charge in [-0.3, -0.25) is 10.1 Å². The van der Waals surface area contributed by atoms with E-state index in [1.165, 1.54) is 12.1 Å². The third-order valence-electron chi connectivity index (χ3n) is 3.43. The molecule has 2 amide bonds. The van der Waals surface area contributed by atoms with Gasteiger partial charge in [-0.05, 0) is 25.3 Å². The predicted molar refractivity (Wildman–Crippen MR) is 84.5 cm³/mol. The third kappa shape index (κ3) is 5.84. The lowest BCUT2D eigenvalue weighted by molar-refractivity contribution is -0.383. The molecule has 1 fully saturated rings. The fourth-order valence-electron chi connectivity index (χ4n) is 2.27. The largest absolute Gasteiger partial charge is 0.379 e. The van der Waals surface area contributed by atoms with Gasteiger partial charge in [0.05, 0.1) is 17.6 Å². The Labute approximate surface area is 134 Å². The van der Waals surface area contributed by atoms with E-state index in [0.29, 0.717) is 26.2 Å². The lowest BCUT2D eigenvalue weighted by atomic mass is 10.2. The first kappa shape index (κ1) is 17.2. The van der Waals surface area contributed by atoms with Crippen LogP contribution in [-0.4, -0.2) is 43.4 Å². The first-order chi connectivity index (χ1) is 11.2. The second-order valence-electron chi connectivity index (χ2n) is 5.22. The van der Waals surface area contributed by atoms with Crippen molar-refractivity contribution in [2.24, 2.45) is 0 Å². The number of benzene rings is 1. The maximum atomic E-state index is 11.7. The van der Waals surface area contributed by atoms with E-state index < -0.39 is 11.0 Å². The lowest BCUT2D eigenvalue weighted by Crippen LogP contribution is -2.30. The Kier molecular flexibility index (Phi) is 6.76. The maximum Gasteiger partial charge on any atom is 0.319 e. The maximum absolute atomic E-state index is 11.7. The number of rotatable bonds is 8. The number of para-hydroxylation sites is 2. The van der Waals surface area contributed by atoms with Crippen LogP contribution >= 0.6 is 0 Å². The number of anilines is 1. The molecule has 0 aliphatic carbocycles. The van der Waals surface area contributed by atoms with Gasteiger partial charge >= 0.3 is 6.03 Å². The summed E-state index contributed by atoms with van der Waals surface area (Å²) in [5.74, 6) is 0. The molecule has 1 aromatic carbocycles. The van der Waals surface area contributed by atoms with Crippen LogP contribution in [0.25, 0.3) is 0 Å². The SMILES string of the molecule is O=C(NCCCOCC1CCCO1)Nc1ccccc1[N+](=O)[O-]. The Morgan fingerprint density at radius 3 is 3.00 bits per heavy atom. The summed E-state index contributed by atoms with van der Waals surface area (Å²) in [6.45, 7) is 2.35. The molecular weight excluding hydrogens is 302 g/mol. The summed E-state index contributed by atoms with van der Waals surface area (Å²) in [5.41, 5.74) is 0.0344. The van der Waals surface area contributed by atoms with Crippen LogP contribution in [0.15, 0.2) is 24.3 Å². The van der Waals surface area contributed by atoms with Crippen LogP contribution in [0.4, 0.5) is 16.2 Å². The molecule has 0 spiro atoms. The zero-order valence-corrected chi connectivity index (χ0v) is 12.8. The van der Waals surface area contributed by atoms with Crippen LogP contribution in [0.2, 0.25) is 0 Å². The molecule has 8 heteroatoms. The zero-order valence-electron chi connectivity index (χ0n) is 12.8. The minimum Gasteiger partial charge on any atom is -0.379 e. The topological polar surface area (TPSA) is 103 Å². The first-order valence-electron chi connectivity index (χ1n) is 7.64. The zero-order chi connectivity index (χ0) is 16.5. The van der Waals surface area contributed by atoms with Crippen molar-refractivity contribution in [1.29, 1.82) is 0 Å². The molecule has 1 heterocycles. The highest BCUT2D eigenvalue weighted by Crippen LogP contribution is 2.22. The van der Waals surface area contributed by atoms with E-state index in [9.17, 15) is 14.9 Å². The van der Waals surface area contributed by atoms with Crippen molar-refractivity contribution in [1.82, 2.24) is 5.32 Å². The van der Waals surface area contributed by atoms with Gasteiger partial charge in [-0.15, -0.1) is 0 Å². The highest BCUT2D eigenvalue weighted by molar-refractivity contribution is 5.91. The van der Waals surface area contributed by atoms with E-state index >= 15 is 0 Å². The number of amides is 2. The Morgan fingerprint density at radius 2 is 2.26 bits per heavy atom. The molecule has 0 aromatic heterocycles. The number of nitro benzene ring substituents is 1. The Balaban J connectivity index is 1.61. The van der Waals surface area contributed by atoms with Gasteiger partial charge in [-0.1, -0.05) is 12.1 Å². The van der Waals surface area contributed by atoms with E-state index in [1.807, 2.05) is 0 Å². The van der Waals surface area contributed by atoms with E-state index in [4.69, 9.17) is 9.47 Å². The Hall–Kier alpha value is -2.19. The summed E-state index contributed by atoms with van der Waals surface area (Å²) in [7, 11) is 0. The molecule has 2 N–H and O–H groups in total. The molecule has 1 aromatic rings. The number of nitrogens with zero attached hydrogens (tertiary/aromatic N) is 1. The highest BCUT2D eigenvalue weighted by Gasteiger charge is 2.15. The van der Waals surface area contributed by atoms with E-state index in [-0.39, 0.29) is 17.5 Å². The van der Waals surface area contributed by atoms with Crippen LogP contribution in [-0.2, 0) is 9.47 Å². The van der Waals surface area contributed by atoms with Gasteiger partial charge in [0, 0.05) is 25.8 Å². The van der Waals surface area contributed by atoms with Gasteiger partial charge in [0.25, 0.3) is 5.69 Å². The molecule has 1 atom stereocenters. The van der Waals surface area contributed by atoms with Crippen molar-refractivity contribution in [3.63, 3.8) is 0 Å². The molecule has 23 heavy (non-hydrogen) atoms. The van der Waals surface area contributed by atoms with Crippen LogP contribution in [0.1, 0.15) is 19.3 Å². The fraction of sp³-hybridized carbons (Fsp3) is 0.533. The summed E-state index contributed by atoms with van der Waals surface area (Å²) in [6.07, 6.45) is 2.99. The van der Waals surface area contributed by atoms with Crippen LogP contribution in [0.5, 0.6) is 0 Å². The molecule has 8 nitrogen and oxygen atoms in total. The molecule has 1 aliphatic heterocycles. The number of hydrogen-bond acceptors (Lipinski definition) is 5. The number of nitro groups is 1. The molecule has 1 saturated heterocycles. The van der Waals surface area contributed by atoms with Crippen molar-refractivity contribution in [2.45, 2.75) is 25.4 Å². The van der Waals surface area contributed by atoms with Crippen molar-refractivity contribution >= 4 is 17.4 Å². The Bertz CT molecular complexity index is 532. The molecule has 1 aliphatic rings. The molecule has 0 saturated carbocycles. The minimum absolute atomic E-state index is 0.137. The van der Waals surface area contributed by atoms with Gasteiger partial charge in [-0.25, -0.2) is 4.79 Å². The summed E-state index contributed by atoms with van der Waals surface area (Å²) >= 11 is 0. The molecule has 0 bridgehead atoms. The molecule has 1 unspecified atom stereocenters. The normalized spacial score (nSPS) is 17.0. The highest BCUT2D eigenvalue weighted by atomic mass is 16.6. The van der Waals surface area contributed by atoms with E-state index in [0.717, 1.165) is 19.4 Å². The molecule has 0 radical (unpaired) electrons. The summed E-state index contributed by atoms with van der Waals surface area (Å²) in [4.78, 5) is 22.0. The molecule has 2 rings (SSSR count). The molecular formula is C15H21N3O5. The van der Waals surface area contributed by atoms with Gasteiger partial charge in [0.15, 0.2) is 0 Å². The van der Waals surface area contributed by atoms with Gasteiger partial charge in [0.1, 0.15) is 5.69 Å². The van der Waals surface area contributed by atoms with E-state index in [1.54, 1.807) is 12.1 Å². The summed E-state index contributed by atoms with van der Waals surface area (Å²) < 4.78 is 10.9. The number of nitrogens with one attached hydrogen (secondary N) is 2. The number of urea groups is 1. The van der Waals surface area contributed by atoms with Crippen LogP contribution < -0.4 is 10.6 Å². The van der Waals surface area contributed by atoms with Crippen molar-refractivity contribution in [3.05, 3.63) is 34.4 Å². The second-order valence-corrected chi connectivity index (χ2v) is 5.22. The van der Waals surface area contributed by atoms with E-state index in [2.05, 4.69) is 10.6 Å².